The third-order valence-electron chi connectivity index (χ3n) is 5.74. The van der Waals surface area contributed by atoms with Crippen molar-refractivity contribution in [2.75, 3.05) is 6.61 Å². The Hall–Kier alpha value is -1.92. The second-order valence-electron chi connectivity index (χ2n) is 10.4. The monoisotopic (exact) mass is 490 g/mol. The van der Waals surface area contributed by atoms with Gasteiger partial charge in [0.25, 0.3) is 0 Å². The van der Waals surface area contributed by atoms with Crippen LogP contribution in [0.5, 0.6) is 0 Å². The summed E-state index contributed by atoms with van der Waals surface area (Å²) in [5.74, 6) is 0. The average Bonchev–Trinajstić information content (AvgIpc) is 2.80. The number of pyridine rings is 1. The maximum Gasteiger partial charge on any atom is 0.408 e. The Morgan fingerprint density at radius 1 is 1.00 bits per heavy atom. The number of aliphatic hydroxyl groups excluding tert-OH is 1. The predicted molar refractivity (Wildman–Crippen MR) is 143 cm³/mol. The zero-order valence-electron chi connectivity index (χ0n) is 22.6. The summed E-state index contributed by atoms with van der Waals surface area (Å²) in [5.41, 5.74) is 0.375. The molecule has 2 N–H and O–H groups in total. The summed E-state index contributed by atoms with van der Waals surface area (Å²) in [7, 11) is 0. The molecule has 1 heterocycles. The minimum absolute atomic E-state index is 0.172. The van der Waals surface area contributed by atoms with Crippen LogP contribution in [0.4, 0.5) is 4.79 Å². The van der Waals surface area contributed by atoms with E-state index in [1.807, 2.05) is 39.0 Å². The van der Waals surface area contributed by atoms with Gasteiger partial charge in [0.15, 0.2) is 0 Å². The number of carbonyl (C=O) groups excluding carboxylic acids is 1. The van der Waals surface area contributed by atoms with E-state index >= 15 is 0 Å². The first-order valence-electron chi connectivity index (χ1n) is 13.6. The van der Waals surface area contributed by atoms with E-state index < -0.39 is 23.8 Å². The molecule has 0 unspecified atom stereocenters. The lowest BCUT2D eigenvalue weighted by molar-refractivity contribution is 0.0282. The Morgan fingerprint density at radius 2 is 1.57 bits per heavy atom. The van der Waals surface area contributed by atoms with Gasteiger partial charge in [-0.15, -0.1) is 0 Å². The Bertz CT molecular complexity index is 673. The SMILES string of the molecule is CCCCCCCCCCCCC/C=C/[C@@H](O)[C@H](COCc1ccncc1)NC(=O)OC(C)(C)C. The van der Waals surface area contributed by atoms with Crippen LogP contribution in [-0.4, -0.2) is 40.5 Å². The fourth-order valence-electron chi connectivity index (χ4n) is 3.76. The molecule has 1 aromatic heterocycles. The van der Waals surface area contributed by atoms with Crippen molar-refractivity contribution >= 4 is 6.09 Å². The highest BCUT2D eigenvalue weighted by Crippen LogP contribution is 2.13. The van der Waals surface area contributed by atoms with Crippen LogP contribution in [-0.2, 0) is 16.1 Å². The first-order valence-corrected chi connectivity index (χ1v) is 13.6. The highest BCUT2D eigenvalue weighted by Gasteiger charge is 2.23. The molecule has 0 aliphatic heterocycles. The third-order valence-corrected chi connectivity index (χ3v) is 5.74. The quantitative estimate of drug-likeness (QED) is 0.159. The van der Waals surface area contributed by atoms with Crippen molar-refractivity contribution in [1.29, 1.82) is 0 Å². The number of rotatable bonds is 19. The maximum absolute atomic E-state index is 12.3. The molecule has 2 atom stereocenters. The lowest BCUT2D eigenvalue weighted by atomic mass is 10.0. The van der Waals surface area contributed by atoms with Crippen LogP contribution in [0.1, 0.15) is 110 Å². The number of aromatic nitrogens is 1. The molecule has 6 heteroatoms. The van der Waals surface area contributed by atoms with Crippen molar-refractivity contribution in [3.8, 4) is 0 Å². The van der Waals surface area contributed by atoms with Gasteiger partial charge in [-0.05, 0) is 51.3 Å². The highest BCUT2D eigenvalue weighted by molar-refractivity contribution is 5.68. The van der Waals surface area contributed by atoms with Gasteiger partial charge < -0.3 is 19.9 Å². The van der Waals surface area contributed by atoms with Gasteiger partial charge >= 0.3 is 6.09 Å². The van der Waals surface area contributed by atoms with Crippen LogP contribution in [0.2, 0.25) is 0 Å². The second kappa shape index (κ2) is 19.3. The van der Waals surface area contributed by atoms with Crippen LogP contribution < -0.4 is 5.32 Å². The van der Waals surface area contributed by atoms with Gasteiger partial charge in [-0.2, -0.15) is 0 Å². The van der Waals surface area contributed by atoms with Gasteiger partial charge in [0.1, 0.15) is 5.60 Å². The molecule has 0 saturated heterocycles. The molecule has 0 radical (unpaired) electrons. The Balaban J connectivity index is 2.32. The molecule has 0 bridgehead atoms. The van der Waals surface area contributed by atoms with Crippen LogP contribution in [0.25, 0.3) is 0 Å². The van der Waals surface area contributed by atoms with E-state index in [4.69, 9.17) is 9.47 Å². The van der Waals surface area contributed by atoms with E-state index in [2.05, 4.69) is 17.2 Å². The van der Waals surface area contributed by atoms with Crippen molar-refractivity contribution in [3.63, 3.8) is 0 Å². The zero-order valence-corrected chi connectivity index (χ0v) is 22.6. The standard InChI is InChI=1S/C29H50N2O4/c1-5-6-7-8-9-10-11-12-13-14-15-16-17-18-27(32)26(31-28(33)35-29(2,3)4)24-34-23-25-19-21-30-22-20-25/h17-22,26-27,32H,5-16,23-24H2,1-4H3,(H,31,33)/b18-17+/t26-,27+/m0/s1. The number of allylic oxidation sites excluding steroid dienone is 1. The number of amides is 1. The smallest absolute Gasteiger partial charge is 0.408 e. The maximum atomic E-state index is 12.3. The van der Waals surface area contributed by atoms with E-state index in [1.165, 1.54) is 64.2 Å². The fourth-order valence-corrected chi connectivity index (χ4v) is 3.76. The van der Waals surface area contributed by atoms with Gasteiger partial charge in [0.2, 0.25) is 0 Å². The predicted octanol–water partition coefficient (Wildman–Crippen LogP) is 7.11. The number of aliphatic hydroxyl groups is 1. The van der Waals surface area contributed by atoms with Crippen molar-refractivity contribution in [2.24, 2.45) is 0 Å². The lowest BCUT2D eigenvalue weighted by Gasteiger charge is -2.25. The van der Waals surface area contributed by atoms with Crippen LogP contribution >= 0.6 is 0 Å². The summed E-state index contributed by atoms with van der Waals surface area (Å²) in [6.07, 6.45) is 21.2. The van der Waals surface area contributed by atoms with Gasteiger partial charge in [-0.25, -0.2) is 4.79 Å². The molecule has 1 aromatic rings. The number of carbonyl (C=O) groups is 1. The number of unbranched alkanes of at least 4 members (excludes halogenated alkanes) is 11. The van der Waals surface area contributed by atoms with E-state index in [0.717, 1.165) is 18.4 Å². The molecule has 0 aliphatic carbocycles. The number of hydrogen-bond donors (Lipinski definition) is 2. The fraction of sp³-hybridized carbons (Fsp3) is 0.724. The first kappa shape index (κ1) is 31.1. The number of ether oxygens (including phenoxy) is 2. The largest absolute Gasteiger partial charge is 0.444 e. The summed E-state index contributed by atoms with van der Waals surface area (Å²) in [6, 6.07) is 3.15. The molecule has 0 aliphatic rings. The van der Waals surface area contributed by atoms with Crippen molar-refractivity contribution < 1.29 is 19.4 Å². The van der Waals surface area contributed by atoms with Gasteiger partial charge in [-0.1, -0.05) is 83.3 Å². The van der Waals surface area contributed by atoms with Gasteiger partial charge in [0, 0.05) is 12.4 Å². The van der Waals surface area contributed by atoms with Crippen molar-refractivity contribution in [2.45, 2.75) is 129 Å². The molecule has 35 heavy (non-hydrogen) atoms. The molecule has 200 valence electrons. The summed E-state index contributed by atoms with van der Waals surface area (Å²) in [6.45, 7) is 8.24. The summed E-state index contributed by atoms with van der Waals surface area (Å²) >= 11 is 0. The zero-order chi connectivity index (χ0) is 25.8. The number of nitrogens with zero attached hydrogens (tertiary/aromatic N) is 1. The van der Waals surface area contributed by atoms with Crippen molar-refractivity contribution in [1.82, 2.24) is 10.3 Å². The third kappa shape index (κ3) is 18.1. The van der Waals surface area contributed by atoms with E-state index in [0.29, 0.717) is 6.61 Å². The minimum Gasteiger partial charge on any atom is -0.444 e. The Kier molecular flexibility index (Phi) is 17.1. The Labute approximate surface area is 213 Å². The molecule has 1 amide bonds. The van der Waals surface area contributed by atoms with Crippen LogP contribution in [0.15, 0.2) is 36.7 Å². The molecule has 1 rings (SSSR count). The lowest BCUT2D eigenvalue weighted by Crippen LogP contribution is -2.47. The van der Waals surface area contributed by atoms with E-state index in [1.54, 1.807) is 18.5 Å². The molecule has 6 nitrogen and oxygen atoms in total. The molecule has 0 fully saturated rings. The topological polar surface area (TPSA) is 80.7 Å². The highest BCUT2D eigenvalue weighted by atomic mass is 16.6. The van der Waals surface area contributed by atoms with E-state index in [-0.39, 0.29) is 6.61 Å². The summed E-state index contributed by atoms with van der Waals surface area (Å²) in [4.78, 5) is 16.3. The van der Waals surface area contributed by atoms with Gasteiger partial charge in [0.05, 0.1) is 25.4 Å². The van der Waals surface area contributed by atoms with E-state index in [9.17, 15) is 9.90 Å². The average molecular weight is 491 g/mol. The number of alkyl carbamates (subject to hydrolysis) is 1. The van der Waals surface area contributed by atoms with Crippen LogP contribution in [0, 0.1) is 0 Å². The number of nitrogens with one attached hydrogen (secondary N) is 1. The molecular weight excluding hydrogens is 440 g/mol. The molecule has 0 spiro atoms. The normalized spacial score (nSPS) is 13.6. The number of hydrogen-bond acceptors (Lipinski definition) is 5. The summed E-state index contributed by atoms with van der Waals surface area (Å²) < 4.78 is 11.1. The molecule has 0 aromatic carbocycles. The second-order valence-corrected chi connectivity index (χ2v) is 10.4. The minimum atomic E-state index is -0.854. The first-order chi connectivity index (χ1) is 16.8. The molecule has 0 saturated carbocycles. The van der Waals surface area contributed by atoms with Crippen molar-refractivity contribution in [3.05, 3.63) is 42.2 Å². The van der Waals surface area contributed by atoms with Crippen LogP contribution in [0.3, 0.4) is 0 Å². The summed E-state index contributed by atoms with van der Waals surface area (Å²) in [5, 5.41) is 13.4. The molecular formula is C29H50N2O4. The Morgan fingerprint density at radius 3 is 2.14 bits per heavy atom. The van der Waals surface area contributed by atoms with Gasteiger partial charge in [-0.3, -0.25) is 4.98 Å².